The lowest BCUT2D eigenvalue weighted by Gasteiger charge is -2.18. The van der Waals surface area contributed by atoms with Gasteiger partial charge in [0.1, 0.15) is 6.10 Å². The first-order chi connectivity index (χ1) is 24.1. The predicted octanol–water partition coefficient (Wildman–Crippen LogP) is 15.2. The van der Waals surface area contributed by atoms with Crippen LogP contribution in [0, 0.1) is 0 Å². The van der Waals surface area contributed by atoms with Gasteiger partial charge in [0.2, 0.25) is 0 Å². The van der Waals surface area contributed by atoms with Gasteiger partial charge in [0.05, 0.1) is 0 Å². The quantitative estimate of drug-likeness (QED) is 0.0395. The molecule has 0 radical (unpaired) electrons. The molecule has 0 saturated carbocycles. The maximum Gasteiger partial charge on any atom is 0.306 e. The monoisotopic (exact) mass is 689 g/mol. The Morgan fingerprint density at radius 3 is 1.24 bits per heavy atom. The largest absolute Gasteiger partial charge is 0.481 e. The van der Waals surface area contributed by atoms with Gasteiger partial charge in [-0.1, -0.05) is 186 Å². The Bertz CT molecular complexity index is 742. The fraction of sp³-hybridized carbons (Fsp3) is 0.867. The molecule has 0 aromatic carbocycles. The molecule has 0 aromatic rings. The molecule has 0 spiro atoms. The maximum atomic E-state index is 12.7. The van der Waals surface area contributed by atoms with Crippen LogP contribution in [0.15, 0.2) is 24.3 Å². The summed E-state index contributed by atoms with van der Waals surface area (Å²) in [6.45, 7) is 4.54. The fourth-order valence-corrected chi connectivity index (χ4v) is 6.69. The van der Waals surface area contributed by atoms with Crippen LogP contribution in [0.5, 0.6) is 0 Å². The molecule has 0 heterocycles. The third-order valence-electron chi connectivity index (χ3n) is 9.93. The molecule has 4 heteroatoms. The summed E-state index contributed by atoms with van der Waals surface area (Å²) in [5.41, 5.74) is 0. The number of allylic oxidation sites excluding steroid dienone is 4. The Morgan fingerprint density at radius 1 is 0.449 bits per heavy atom. The summed E-state index contributed by atoms with van der Waals surface area (Å²) in [5, 5.41) is 8.84. The van der Waals surface area contributed by atoms with Crippen molar-refractivity contribution >= 4 is 11.9 Å². The highest BCUT2D eigenvalue weighted by Crippen LogP contribution is 2.19. The summed E-state index contributed by atoms with van der Waals surface area (Å²) in [6, 6.07) is 0. The third kappa shape index (κ3) is 40.7. The average Bonchev–Trinajstić information content (AvgIpc) is 3.09. The molecule has 0 rings (SSSR count). The minimum atomic E-state index is -0.699. The number of carbonyl (C=O) groups is 2. The van der Waals surface area contributed by atoms with Crippen molar-refractivity contribution in [1.29, 1.82) is 0 Å². The van der Waals surface area contributed by atoms with Crippen LogP contribution in [0.25, 0.3) is 0 Å². The first-order valence-corrected chi connectivity index (χ1v) is 21.8. The zero-order valence-electron chi connectivity index (χ0n) is 33.0. The van der Waals surface area contributed by atoms with Gasteiger partial charge in [-0.05, 0) is 70.6 Å². The van der Waals surface area contributed by atoms with Gasteiger partial charge >= 0.3 is 11.9 Å². The molecular weight excluding hydrogens is 604 g/mol. The molecule has 288 valence electrons. The number of rotatable bonds is 40. The van der Waals surface area contributed by atoms with Crippen molar-refractivity contribution in [2.75, 3.05) is 0 Å². The van der Waals surface area contributed by atoms with Gasteiger partial charge in [0, 0.05) is 12.8 Å². The Morgan fingerprint density at radius 2 is 0.796 bits per heavy atom. The van der Waals surface area contributed by atoms with Crippen molar-refractivity contribution in [2.24, 2.45) is 0 Å². The second kappa shape index (κ2) is 40.8. The normalized spacial score (nSPS) is 12.4. The molecule has 0 amide bonds. The van der Waals surface area contributed by atoms with E-state index in [1.807, 2.05) is 0 Å². The van der Waals surface area contributed by atoms with Gasteiger partial charge in [-0.25, -0.2) is 0 Å². The zero-order valence-corrected chi connectivity index (χ0v) is 33.0. The van der Waals surface area contributed by atoms with Crippen molar-refractivity contribution < 1.29 is 19.4 Å². The molecular formula is C45H84O4. The number of carbonyl (C=O) groups excluding carboxylic acids is 1. The van der Waals surface area contributed by atoms with Gasteiger partial charge in [-0.15, -0.1) is 0 Å². The molecule has 1 atom stereocenters. The van der Waals surface area contributed by atoms with E-state index in [-0.39, 0.29) is 18.5 Å². The molecule has 1 unspecified atom stereocenters. The van der Waals surface area contributed by atoms with Gasteiger partial charge in [-0.3, -0.25) is 9.59 Å². The topological polar surface area (TPSA) is 63.6 Å². The molecule has 0 saturated heterocycles. The number of ether oxygens (including phenoxy) is 1. The summed E-state index contributed by atoms with van der Waals surface area (Å²) < 4.78 is 6.02. The number of hydrogen-bond donors (Lipinski definition) is 1. The minimum Gasteiger partial charge on any atom is -0.481 e. The van der Waals surface area contributed by atoms with Crippen LogP contribution in [-0.2, 0) is 14.3 Å². The minimum absolute atomic E-state index is 0.00589. The summed E-state index contributed by atoms with van der Waals surface area (Å²) in [5.74, 6) is -0.705. The number of carboxylic acid groups (broad SMARTS) is 1. The number of carboxylic acids is 1. The van der Waals surface area contributed by atoms with Gasteiger partial charge in [0.25, 0.3) is 0 Å². The Balaban J connectivity index is 4.02. The first kappa shape index (κ1) is 47.4. The van der Waals surface area contributed by atoms with E-state index in [1.165, 1.54) is 141 Å². The summed E-state index contributed by atoms with van der Waals surface area (Å²) >= 11 is 0. The Hall–Kier alpha value is -1.58. The molecule has 49 heavy (non-hydrogen) atoms. The second-order valence-electron chi connectivity index (χ2n) is 14.9. The Labute approximate surface area is 306 Å². The average molecular weight is 689 g/mol. The predicted molar refractivity (Wildman–Crippen MR) is 213 cm³/mol. The summed E-state index contributed by atoms with van der Waals surface area (Å²) in [4.78, 5) is 23.4. The van der Waals surface area contributed by atoms with E-state index in [4.69, 9.17) is 9.84 Å². The number of unbranched alkanes of at least 4 members (excludes halogenated alkanes) is 27. The molecule has 0 bridgehead atoms. The molecule has 0 aliphatic carbocycles. The van der Waals surface area contributed by atoms with Crippen LogP contribution in [0.1, 0.15) is 245 Å². The highest BCUT2D eigenvalue weighted by atomic mass is 16.5. The molecule has 4 nitrogen and oxygen atoms in total. The van der Waals surface area contributed by atoms with Crippen molar-refractivity contribution in [1.82, 2.24) is 0 Å². The molecule has 0 aliphatic heterocycles. The van der Waals surface area contributed by atoms with E-state index in [0.29, 0.717) is 6.42 Å². The summed E-state index contributed by atoms with van der Waals surface area (Å²) in [6.07, 6.45) is 52.0. The number of aliphatic carboxylic acids is 1. The lowest BCUT2D eigenvalue weighted by atomic mass is 10.0. The molecule has 0 aliphatic rings. The lowest BCUT2D eigenvalue weighted by Crippen LogP contribution is -2.18. The van der Waals surface area contributed by atoms with Gasteiger partial charge in [-0.2, -0.15) is 0 Å². The highest BCUT2D eigenvalue weighted by Gasteiger charge is 2.14. The number of hydrogen-bond acceptors (Lipinski definition) is 3. The van der Waals surface area contributed by atoms with Crippen LogP contribution in [0.2, 0.25) is 0 Å². The highest BCUT2D eigenvalue weighted by molar-refractivity contribution is 5.69. The summed E-state index contributed by atoms with van der Waals surface area (Å²) in [7, 11) is 0. The maximum absolute atomic E-state index is 12.7. The van der Waals surface area contributed by atoms with E-state index >= 15 is 0 Å². The standard InChI is InChI=1S/C45H84O4/c1-3-5-7-9-11-13-15-17-19-21-22-24-26-28-31-35-39-43(40-36-32-30-33-37-41-44(46)47)49-45(48)42-38-34-29-27-25-23-20-18-16-14-12-10-8-6-4-2/h12,14,18,20,43H,3-11,13,15-17,19,21-42H2,1-2H3,(H,46,47)/b14-12-,20-18-. The first-order valence-electron chi connectivity index (χ1n) is 21.8. The van der Waals surface area contributed by atoms with E-state index in [2.05, 4.69) is 38.2 Å². The van der Waals surface area contributed by atoms with Crippen molar-refractivity contribution in [2.45, 2.75) is 251 Å². The van der Waals surface area contributed by atoms with Crippen LogP contribution < -0.4 is 0 Å². The molecule has 0 aromatic heterocycles. The lowest BCUT2D eigenvalue weighted by molar-refractivity contribution is -0.150. The van der Waals surface area contributed by atoms with E-state index in [9.17, 15) is 9.59 Å². The van der Waals surface area contributed by atoms with Crippen molar-refractivity contribution in [3.8, 4) is 0 Å². The van der Waals surface area contributed by atoms with Gasteiger partial charge < -0.3 is 9.84 Å². The van der Waals surface area contributed by atoms with Gasteiger partial charge in [0.15, 0.2) is 0 Å². The van der Waals surface area contributed by atoms with Crippen LogP contribution in [0.3, 0.4) is 0 Å². The van der Waals surface area contributed by atoms with E-state index in [0.717, 1.165) is 77.0 Å². The Kier molecular flexibility index (Phi) is 39.5. The van der Waals surface area contributed by atoms with E-state index < -0.39 is 5.97 Å². The number of esters is 1. The third-order valence-corrected chi connectivity index (χ3v) is 9.93. The SMILES string of the molecule is CCCCC/C=C\C/C=C\CCCCCCCC(=O)OC(CCCCCCCCCCCCCCCCCC)CCCCCCCC(=O)O. The fourth-order valence-electron chi connectivity index (χ4n) is 6.69. The van der Waals surface area contributed by atoms with Crippen LogP contribution >= 0.6 is 0 Å². The second-order valence-corrected chi connectivity index (χ2v) is 14.9. The van der Waals surface area contributed by atoms with Crippen LogP contribution in [-0.4, -0.2) is 23.1 Å². The van der Waals surface area contributed by atoms with Crippen LogP contribution in [0.4, 0.5) is 0 Å². The molecule has 1 N–H and O–H groups in total. The zero-order chi connectivity index (χ0) is 35.7. The molecule has 0 fully saturated rings. The smallest absolute Gasteiger partial charge is 0.306 e. The van der Waals surface area contributed by atoms with Crippen molar-refractivity contribution in [3.05, 3.63) is 24.3 Å². The van der Waals surface area contributed by atoms with Crippen molar-refractivity contribution in [3.63, 3.8) is 0 Å². The van der Waals surface area contributed by atoms with E-state index in [1.54, 1.807) is 0 Å².